The number of anilines is 1. The molecule has 3 rings (SSSR count). The first-order valence-electron chi connectivity index (χ1n) is 11.3. The Kier molecular flexibility index (Phi) is 8.53. The Hall–Kier alpha value is -3.83. The maximum Gasteiger partial charge on any atom is 0.416 e. The number of halogens is 3. The molecule has 0 heterocycles. The lowest BCUT2D eigenvalue weighted by atomic mass is 10.1. The first kappa shape index (κ1) is 28.7. The molecule has 0 spiro atoms. The van der Waals surface area contributed by atoms with Gasteiger partial charge in [0.1, 0.15) is 12.4 Å². The number of nitrogens with zero attached hydrogens (tertiary/aromatic N) is 1. The highest BCUT2D eigenvalue weighted by Crippen LogP contribution is 2.39. The lowest BCUT2D eigenvalue weighted by molar-refractivity contribution is -0.137. The average molecular weight is 550 g/mol. The molecule has 0 aliphatic carbocycles. The monoisotopic (exact) mass is 549 g/mol. The van der Waals surface area contributed by atoms with Crippen LogP contribution in [0.2, 0.25) is 0 Å². The van der Waals surface area contributed by atoms with E-state index in [9.17, 15) is 31.5 Å². The molecule has 7 nitrogen and oxygen atoms in total. The van der Waals surface area contributed by atoms with E-state index in [1.165, 1.54) is 44.2 Å². The van der Waals surface area contributed by atoms with Crippen LogP contribution in [0.25, 0.3) is 6.08 Å². The predicted octanol–water partition coefficient (Wildman–Crippen LogP) is 5.35. The summed E-state index contributed by atoms with van der Waals surface area (Å²) in [6, 6.07) is 16.2. The standard InChI is InChI=1S/C27H26F3NO6S/c1-26(2,34)18-31(38(35,36)22-6-4-3-5-7-22)23-14-13-21(27(28,29)30)16-24(23)37-17-20-10-8-19(9-11-20)12-15-25(32)33/h3-16,34H,17-18H2,1-2H3,(H,32,33). The van der Waals surface area contributed by atoms with E-state index in [4.69, 9.17) is 9.84 Å². The molecule has 0 saturated carbocycles. The van der Waals surface area contributed by atoms with Crippen LogP contribution in [0.4, 0.5) is 18.9 Å². The minimum absolute atomic E-state index is 0.111. The van der Waals surface area contributed by atoms with Gasteiger partial charge >= 0.3 is 12.1 Å². The van der Waals surface area contributed by atoms with Crippen molar-refractivity contribution < 1.29 is 41.3 Å². The number of aliphatic hydroxyl groups is 1. The van der Waals surface area contributed by atoms with Gasteiger partial charge in [-0.1, -0.05) is 42.5 Å². The molecule has 0 aliphatic heterocycles. The van der Waals surface area contributed by atoms with E-state index in [-0.39, 0.29) is 22.9 Å². The van der Waals surface area contributed by atoms with E-state index in [2.05, 4.69) is 0 Å². The summed E-state index contributed by atoms with van der Waals surface area (Å²) in [6.45, 7) is 2.09. The summed E-state index contributed by atoms with van der Waals surface area (Å²) in [6.07, 6.45) is -2.38. The van der Waals surface area contributed by atoms with Gasteiger partial charge < -0.3 is 14.9 Å². The maximum atomic E-state index is 13.6. The molecular weight excluding hydrogens is 523 g/mol. The van der Waals surface area contributed by atoms with Gasteiger partial charge in [-0.05, 0) is 61.4 Å². The summed E-state index contributed by atoms with van der Waals surface area (Å²) in [4.78, 5) is 10.6. The van der Waals surface area contributed by atoms with Gasteiger partial charge in [0.05, 0.1) is 28.3 Å². The van der Waals surface area contributed by atoms with Gasteiger partial charge in [0.25, 0.3) is 10.0 Å². The molecule has 0 fully saturated rings. The molecule has 0 amide bonds. The van der Waals surface area contributed by atoms with E-state index >= 15 is 0 Å². The molecular formula is C27H26F3NO6S. The minimum Gasteiger partial charge on any atom is -0.487 e. The number of sulfonamides is 1. The fraction of sp³-hybridized carbons (Fsp3) is 0.222. The molecule has 0 radical (unpaired) electrons. The third kappa shape index (κ3) is 7.59. The van der Waals surface area contributed by atoms with Gasteiger partial charge in [-0.15, -0.1) is 0 Å². The summed E-state index contributed by atoms with van der Waals surface area (Å²) < 4.78 is 74.3. The van der Waals surface area contributed by atoms with Gasteiger partial charge in [-0.25, -0.2) is 13.2 Å². The quantitative estimate of drug-likeness (QED) is 0.331. The summed E-state index contributed by atoms with van der Waals surface area (Å²) in [5.74, 6) is -1.46. The molecule has 2 N–H and O–H groups in total. The minimum atomic E-state index is -4.71. The van der Waals surface area contributed by atoms with Gasteiger partial charge in [0.15, 0.2) is 0 Å². The number of carboxylic acid groups (broad SMARTS) is 1. The Labute approximate surface area is 218 Å². The van der Waals surface area contributed by atoms with E-state index in [1.807, 2.05) is 0 Å². The molecule has 11 heteroatoms. The van der Waals surface area contributed by atoms with Crippen LogP contribution in [-0.4, -0.2) is 36.7 Å². The average Bonchev–Trinajstić information content (AvgIpc) is 2.84. The normalized spacial score (nSPS) is 12.5. The molecule has 0 atom stereocenters. The first-order valence-corrected chi connectivity index (χ1v) is 12.7. The number of benzene rings is 3. The third-order valence-electron chi connectivity index (χ3n) is 5.21. The molecule has 38 heavy (non-hydrogen) atoms. The van der Waals surface area contributed by atoms with Gasteiger partial charge in [0, 0.05) is 6.08 Å². The number of hydrogen-bond donors (Lipinski definition) is 2. The molecule has 0 unspecified atom stereocenters. The lowest BCUT2D eigenvalue weighted by Crippen LogP contribution is -2.42. The number of rotatable bonds is 10. The van der Waals surface area contributed by atoms with Crippen molar-refractivity contribution in [3.8, 4) is 5.75 Å². The van der Waals surface area contributed by atoms with Gasteiger partial charge in [-0.2, -0.15) is 13.2 Å². The van der Waals surface area contributed by atoms with Crippen LogP contribution in [0.3, 0.4) is 0 Å². The Balaban J connectivity index is 2.04. The molecule has 3 aromatic carbocycles. The van der Waals surface area contributed by atoms with Crippen molar-refractivity contribution in [3.63, 3.8) is 0 Å². The Morgan fingerprint density at radius 2 is 1.63 bits per heavy atom. The third-order valence-corrected chi connectivity index (χ3v) is 6.98. The first-order chi connectivity index (χ1) is 17.7. The smallest absolute Gasteiger partial charge is 0.416 e. The summed E-state index contributed by atoms with van der Waals surface area (Å²) in [5, 5.41) is 19.2. The molecule has 3 aromatic rings. The summed E-state index contributed by atoms with van der Waals surface area (Å²) in [5.41, 5.74) is -1.63. The zero-order chi connectivity index (χ0) is 28.1. The van der Waals surface area contributed by atoms with Crippen molar-refractivity contribution in [3.05, 3.63) is 95.6 Å². The van der Waals surface area contributed by atoms with Crippen LogP contribution in [0, 0.1) is 0 Å². The van der Waals surface area contributed by atoms with Crippen molar-refractivity contribution in [2.75, 3.05) is 10.8 Å². The number of carboxylic acids is 1. The highest BCUT2D eigenvalue weighted by Gasteiger charge is 2.35. The van der Waals surface area contributed by atoms with Crippen LogP contribution >= 0.6 is 0 Å². The van der Waals surface area contributed by atoms with E-state index in [0.717, 1.165) is 28.6 Å². The highest BCUT2D eigenvalue weighted by molar-refractivity contribution is 7.92. The van der Waals surface area contributed by atoms with Crippen molar-refractivity contribution >= 4 is 27.8 Å². The zero-order valence-electron chi connectivity index (χ0n) is 20.5. The Bertz CT molecular complexity index is 1400. The van der Waals surface area contributed by atoms with E-state index in [0.29, 0.717) is 11.1 Å². The molecule has 0 bridgehead atoms. The van der Waals surface area contributed by atoms with Crippen LogP contribution in [0.1, 0.15) is 30.5 Å². The van der Waals surface area contributed by atoms with E-state index < -0.39 is 39.9 Å². The summed E-state index contributed by atoms with van der Waals surface area (Å²) >= 11 is 0. The number of hydrogen-bond acceptors (Lipinski definition) is 5. The number of aliphatic carboxylic acids is 1. The SMILES string of the molecule is CC(C)(O)CN(c1ccc(C(F)(F)F)cc1OCc1ccc(C=CC(=O)O)cc1)S(=O)(=O)c1ccccc1. The van der Waals surface area contributed by atoms with Crippen molar-refractivity contribution in [1.82, 2.24) is 0 Å². The predicted molar refractivity (Wildman–Crippen MR) is 136 cm³/mol. The van der Waals surface area contributed by atoms with Crippen LogP contribution < -0.4 is 9.04 Å². The molecule has 0 aromatic heterocycles. The van der Waals surface area contributed by atoms with Crippen molar-refractivity contribution in [1.29, 1.82) is 0 Å². The fourth-order valence-electron chi connectivity index (χ4n) is 3.44. The topological polar surface area (TPSA) is 104 Å². The number of alkyl halides is 3. The molecule has 0 saturated heterocycles. The Morgan fingerprint density at radius 3 is 2.18 bits per heavy atom. The highest BCUT2D eigenvalue weighted by atomic mass is 32.2. The van der Waals surface area contributed by atoms with Gasteiger partial charge in [-0.3, -0.25) is 4.31 Å². The zero-order valence-corrected chi connectivity index (χ0v) is 21.3. The second-order valence-electron chi connectivity index (χ2n) is 9.02. The van der Waals surface area contributed by atoms with Crippen molar-refractivity contribution in [2.45, 2.75) is 37.1 Å². The van der Waals surface area contributed by atoms with E-state index in [1.54, 1.807) is 30.3 Å². The summed E-state index contributed by atoms with van der Waals surface area (Å²) in [7, 11) is -4.30. The maximum absolute atomic E-state index is 13.6. The molecule has 202 valence electrons. The lowest BCUT2D eigenvalue weighted by Gasteiger charge is -2.31. The second-order valence-corrected chi connectivity index (χ2v) is 10.9. The fourth-order valence-corrected chi connectivity index (χ4v) is 5.09. The van der Waals surface area contributed by atoms with Crippen molar-refractivity contribution in [2.24, 2.45) is 0 Å². The Morgan fingerprint density at radius 1 is 1.00 bits per heavy atom. The second kappa shape index (κ2) is 11.3. The van der Waals surface area contributed by atoms with Crippen LogP contribution in [-0.2, 0) is 27.6 Å². The number of ether oxygens (including phenoxy) is 1. The van der Waals surface area contributed by atoms with Crippen LogP contribution in [0.5, 0.6) is 5.75 Å². The largest absolute Gasteiger partial charge is 0.487 e. The number of carbonyl (C=O) groups is 1. The molecule has 0 aliphatic rings. The van der Waals surface area contributed by atoms with Gasteiger partial charge in [0.2, 0.25) is 0 Å². The van der Waals surface area contributed by atoms with Crippen LogP contribution in [0.15, 0.2) is 83.8 Å².